The van der Waals surface area contributed by atoms with Crippen molar-refractivity contribution in [3.63, 3.8) is 0 Å². The normalized spacial score (nSPS) is 11.3. The molecule has 0 N–H and O–H groups in total. The minimum atomic E-state index is -1.18. The maximum Gasteiger partial charge on any atom is 0.305 e. The van der Waals surface area contributed by atoms with Crippen molar-refractivity contribution in [3.05, 3.63) is 0 Å². The Hall–Kier alpha value is -2.12. The van der Waals surface area contributed by atoms with Crippen molar-refractivity contribution in [3.8, 4) is 0 Å². The Labute approximate surface area is 300 Å². The number of hydrogen-bond acceptors (Lipinski definition) is 8. The van der Waals surface area contributed by atoms with E-state index in [0.29, 0.717) is 0 Å². The molecule has 0 aliphatic rings. The van der Waals surface area contributed by atoms with Crippen molar-refractivity contribution >= 4 is 23.9 Å². The summed E-state index contributed by atoms with van der Waals surface area (Å²) in [5.41, 5.74) is -1.18. The largest absolute Gasteiger partial charge is 0.465 e. The molecule has 49 heavy (non-hydrogen) atoms. The minimum absolute atomic E-state index is 0.168. The summed E-state index contributed by atoms with van der Waals surface area (Å²) in [6, 6.07) is 0. The lowest BCUT2D eigenvalue weighted by Crippen LogP contribution is -2.44. The van der Waals surface area contributed by atoms with E-state index in [1.165, 1.54) is 77.0 Å². The summed E-state index contributed by atoms with van der Waals surface area (Å²) in [6.45, 7) is 7.90. The van der Waals surface area contributed by atoms with Crippen molar-refractivity contribution < 1.29 is 38.1 Å². The van der Waals surface area contributed by atoms with Crippen molar-refractivity contribution in [2.75, 3.05) is 26.4 Å². The highest BCUT2D eigenvalue weighted by molar-refractivity contribution is 5.71. The quantitative estimate of drug-likeness (QED) is 0.0362. The lowest BCUT2D eigenvalue weighted by atomic mass is 9.92. The summed E-state index contributed by atoms with van der Waals surface area (Å²) in [6.07, 6.45) is 27.0. The Kier molecular flexibility index (Phi) is 32.8. The van der Waals surface area contributed by atoms with E-state index in [2.05, 4.69) is 27.7 Å². The number of esters is 4. The molecule has 0 saturated carbocycles. The number of hydrogen-bond donors (Lipinski definition) is 0. The molecule has 0 atom stereocenters. The lowest BCUT2D eigenvalue weighted by molar-refractivity contribution is -0.170. The van der Waals surface area contributed by atoms with Gasteiger partial charge >= 0.3 is 23.9 Å². The van der Waals surface area contributed by atoms with Gasteiger partial charge < -0.3 is 18.9 Å². The van der Waals surface area contributed by atoms with Gasteiger partial charge in [0, 0.05) is 25.7 Å². The van der Waals surface area contributed by atoms with E-state index in [9.17, 15) is 19.2 Å². The molecule has 0 spiro atoms. The molecule has 0 bridgehead atoms. The fourth-order valence-electron chi connectivity index (χ4n) is 5.67. The van der Waals surface area contributed by atoms with Gasteiger partial charge in [-0.3, -0.25) is 19.2 Å². The summed E-state index contributed by atoms with van der Waals surface area (Å²) >= 11 is 0. The number of carbonyl (C=O) groups is 4. The zero-order valence-corrected chi connectivity index (χ0v) is 32.4. The average Bonchev–Trinajstić information content (AvgIpc) is 3.09. The molecule has 0 heterocycles. The minimum Gasteiger partial charge on any atom is -0.465 e. The molecule has 0 unspecified atom stereocenters. The second-order valence-electron chi connectivity index (χ2n) is 14.2. The number of carbonyl (C=O) groups excluding carboxylic acids is 4. The fraction of sp³-hybridized carbons (Fsp3) is 0.902. The van der Waals surface area contributed by atoms with Gasteiger partial charge in [0.05, 0.1) is 0 Å². The van der Waals surface area contributed by atoms with E-state index >= 15 is 0 Å². The van der Waals surface area contributed by atoms with Crippen LogP contribution in [0.1, 0.15) is 207 Å². The smallest absolute Gasteiger partial charge is 0.305 e. The highest BCUT2D eigenvalue weighted by atomic mass is 16.6. The van der Waals surface area contributed by atoms with Gasteiger partial charge in [0.15, 0.2) is 0 Å². The van der Waals surface area contributed by atoms with E-state index in [-0.39, 0.29) is 76.0 Å². The van der Waals surface area contributed by atoms with Gasteiger partial charge in [-0.05, 0) is 25.7 Å². The molecule has 0 aromatic rings. The van der Waals surface area contributed by atoms with Crippen LogP contribution in [-0.2, 0) is 38.1 Å². The highest BCUT2D eigenvalue weighted by Gasteiger charge is 2.38. The molecule has 8 nitrogen and oxygen atoms in total. The Bertz CT molecular complexity index is 745. The summed E-state index contributed by atoms with van der Waals surface area (Å²) in [5.74, 6) is -1.43. The van der Waals surface area contributed by atoms with E-state index in [0.717, 1.165) is 77.0 Å². The summed E-state index contributed by atoms with van der Waals surface area (Å²) < 4.78 is 22.8. The van der Waals surface area contributed by atoms with Crippen LogP contribution in [0.2, 0.25) is 0 Å². The Morgan fingerprint density at radius 2 is 0.490 bits per heavy atom. The molecule has 0 rings (SSSR count). The third-order valence-corrected chi connectivity index (χ3v) is 9.10. The Morgan fingerprint density at radius 3 is 0.735 bits per heavy atom. The van der Waals surface area contributed by atoms with Gasteiger partial charge in [0.2, 0.25) is 0 Å². The third-order valence-electron chi connectivity index (χ3n) is 9.10. The van der Waals surface area contributed by atoms with Crippen LogP contribution in [0.5, 0.6) is 0 Å². The molecular weight excluding hydrogens is 620 g/mol. The van der Waals surface area contributed by atoms with Crippen molar-refractivity contribution in [1.29, 1.82) is 0 Å². The van der Waals surface area contributed by atoms with Gasteiger partial charge in [-0.25, -0.2) is 0 Å². The molecule has 8 heteroatoms. The van der Waals surface area contributed by atoms with Gasteiger partial charge in [0.25, 0.3) is 0 Å². The van der Waals surface area contributed by atoms with Crippen LogP contribution in [-0.4, -0.2) is 50.3 Å². The molecule has 0 aliphatic heterocycles. The first-order chi connectivity index (χ1) is 23.8. The van der Waals surface area contributed by atoms with Gasteiger partial charge in [-0.2, -0.15) is 0 Å². The van der Waals surface area contributed by atoms with Crippen molar-refractivity contribution in [2.45, 2.75) is 207 Å². The number of ether oxygens (including phenoxy) is 4. The second kappa shape index (κ2) is 34.3. The zero-order valence-electron chi connectivity index (χ0n) is 32.4. The van der Waals surface area contributed by atoms with Crippen LogP contribution < -0.4 is 0 Å². The monoisotopic (exact) mass is 697 g/mol. The summed E-state index contributed by atoms with van der Waals surface area (Å²) in [4.78, 5) is 50.9. The SMILES string of the molecule is CCCCCCCCCCCC(=O)OCC(COC(=O)CCCCC)(COC(=O)CCCCC)COC(=O)CCCCCCCCCCC. The molecule has 0 radical (unpaired) electrons. The van der Waals surface area contributed by atoms with E-state index in [4.69, 9.17) is 18.9 Å². The predicted molar refractivity (Wildman–Crippen MR) is 198 cm³/mol. The molecule has 0 fully saturated rings. The van der Waals surface area contributed by atoms with Gasteiger partial charge in [-0.15, -0.1) is 0 Å². The van der Waals surface area contributed by atoms with Crippen molar-refractivity contribution in [2.24, 2.45) is 5.41 Å². The van der Waals surface area contributed by atoms with Crippen LogP contribution >= 0.6 is 0 Å². The highest BCUT2D eigenvalue weighted by Crippen LogP contribution is 2.24. The molecule has 0 aliphatic carbocycles. The third kappa shape index (κ3) is 30.4. The molecule has 0 amide bonds. The van der Waals surface area contributed by atoms with Crippen LogP contribution in [0.3, 0.4) is 0 Å². The number of unbranched alkanes of at least 4 members (excludes halogenated alkanes) is 20. The first-order valence-corrected chi connectivity index (χ1v) is 20.4. The molecular formula is C41H76O8. The van der Waals surface area contributed by atoms with E-state index in [1.54, 1.807) is 0 Å². The Balaban J connectivity index is 5.25. The Morgan fingerprint density at radius 1 is 0.306 bits per heavy atom. The molecule has 0 aromatic heterocycles. The summed E-state index contributed by atoms with van der Waals surface area (Å²) in [7, 11) is 0. The van der Waals surface area contributed by atoms with Crippen LogP contribution in [0.4, 0.5) is 0 Å². The number of rotatable bonds is 36. The standard InChI is InChI=1S/C41H76O8/c1-5-9-13-15-17-19-21-23-27-31-39(44)48-35-41(33-46-37(42)29-25-11-7-3,34-47-38(43)30-26-12-8-4)36-49-40(45)32-28-24-22-20-18-16-14-10-6-2/h5-36H2,1-4H3. The molecule has 0 aromatic carbocycles. The first-order valence-electron chi connectivity index (χ1n) is 20.4. The maximum atomic E-state index is 12.8. The van der Waals surface area contributed by atoms with E-state index in [1.807, 2.05) is 0 Å². The van der Waals surface area contributed by atoms with Gasteiger partial charge in [0.1, 0.15) is 31.8 Å². The van der Waals surface area contributed by atoms with Crippen LogP contribution in [0.25, 0.3) is 0 Å². The fourth-order valence-corrected chi connectivity index (χ4v) is 5.67. The second-order valence-corrected chi connectivity index (χ2v) is 14.2. The summed E-state index contributed by atoms with van der Waals surface area (Å²) in [5, 5.41) is 0. The van der Waals surface area contributed by atoms with Crippen molar-refractivity contribution in [1.82, 2.24) is 0 Å². The predicted octanol–water partition coefficient (Wildman–Crippen LogP) is 11.1. The topological polar surface area (TPSA) is 105 Å². The van der Waals surface area contributed by atoms with Crippen LogP contribution in [0.15, 0.2) is 0 Å². The molecule has 288 valence electrons. The maximum absolute atomic E-state index is 12.8. The lowest BCUT2D eigenvalue weighted by Gasteiger charge is -2.31. The van der Waals surface area contributed by atoms with Crippen LogP contribution in [0, 0.1) is 5.41 Å². The molecule has 0 saturated heterocycles. The van der Waals surface area contributed by atoms with E-state index < -0.39 is 5.41 Å². The zero-order chi connectivity index (χ0) is 36.3. The average molecular weight is 697 g/mol. The van der Waals surface area contributed by atoms with Gasteiger partial charge in [-0.1, -0.05) is 156 Å². The first kappa shape index (κ1) is 46.9.